The Morgan fingerprint density at radius 2 is 1.90 bits per heavy atom. The maximum absolute atomic E-state index is 12.5. The molecule has 2 aliphatic rings. The fourth-order valence-electron chi connectivity index (χ4n) is 4.68. The number of methoxy groups -OCH3 is 1. The molecule has 7 heteroatoms. The number of piperidine rings is 1. The molecule has 7 nitrogen and oxygen atoms in total. The fraction of sp³-hybridized carbons (Fsp3) is 0.292. The zero-order chi connectivity index (χ0) is 21.4. The van der Waals surface area contributed by atoms with E-state index in [9.17, 15) is 9.59 Å². The number of aromatic nitrogens is 2. The zero-order valence-corrected chi connectivity index (χ0v) is 17.3. The number of hydrogen-bond acceptors (Lipinski definition) is 5. The van der Waals surface area contributed by atoms with Crippen molar-refractivity contribution in [1.82, 2.24) is 9.55 Å². The van der Waals surface area contributed by atoms with E-state index in [1.54, 1.807) is 43.6 Å². The summed E-state index contributed by atoms with van der Waals surface area (Å²) in [5.41, 5.74) is 2.42. The number of nitrogens with zero attached hydrogens (tertiary/aromatic N) is 3. The van der Waals surface area contributed by atoms with Gasteiger partial charge >= 0.3 is 0 Å². The van der Waals surface area contributed by atoms with E-state index in [0.717, 1.165) is 37.6 Å². The third-order valence-electron chi connectivity index (χ3n) is 6.16. The van der Waals surface area contributed by atoms with Gasteiger partial charge in [0.15, 0.2) is 0 Å². The van der Waals surface area contributed by atoms with Crippen LogP contribution >= 0.6 is 0 Å². The smallest absolute Gasteiger partial charge is 0.255 e. The van der Waals surface area contributed by atoms with E-state index in [1.165, 1.54) is 0 Å². The average Bonchev–Trinajstić information content (AvgIpc) is 2.80. The second-order valence-corrected chi connectivity index (χ2v) is 8.19. The van der Waals surface area contributed by atoms with E-state index in [4.69, 9.17) is 4.74 Å². The minimum absolute atomic E-state index is 0.0933. The second-order valence-electron chi connectivity index (χ2n) is 8.19. The molecule has 158 valence electrons. The quantitative estimate of drug-likeness (QED) is 0.707. The summed E-state index contributed by atoms with van der Waals surface area (Å²) in [4.78, 5) is 31.5. The molecular formula is C24H24N4O3. The third kappa shape index (κ3) is 3.79. The number of ether oxygens (including phenoxy) is 1. The molecule has 1 saturated heterocycles. The molecule has 1 fully saturated rings. The predicted octanol–water partition coefficient (Wildman–Crippen LogP) is 3.13. The van der Waals surface area contributed by atoms with Crippen molar-refractivity contribution in [1.29, 1.82) is 0 Å². The Morgan fingerprint density at radius 1 is 1.06 bits per heavy atom. The first kappa shape index (κ1) is 19.4. The largest absolute Gasteiger partial charge is 0.497 e. The lowest BCUT2D eigenvalue weighted by atomic mass is 9.83. The molecule has 0 saturated carbocycles. The molecule has 2 unspecified atom stereocenters. The topological polar surface area (TPSA) is 76.5 Å². The Morgan fingerprint density at radius 3 is 2.65 bits per heavy atom. The van der Waals surface area contributed by atoms with Gasteiger partial charge < -0.3 is 19.5 Å². The summed E-state index contributed by atoms with van der Waals surface area (Å²) in [7, 11) is 1.59. The number of fused-ring (bicyclic) bond motifs is 4. The van der Waals surface area contributed by atoms with Gasteiger partial charge in [0.25, 0.3) is 11.5 Å². The van der Waals surface area contributed by atoms with Gasteiger partial charge in [-0.3, -0.25) is 9.59 Å². The van der Waals surface area contributed by atoms with Crippen molar-refractivity contribution >= 4 is 17.4 Å². The fourth-order valence-corrected chi connectivity index (χ4v) is 4.68. The SMILES string of the molecule is COc1ccc(C(=O)Nc2ccc(N3CC4CC(C3)c3cccc(=O)n3C4)nc2)cc1. The molecule has 5 rings (SSSR count). The van der Waals surface area contributed by atoms with Crippen LogP contribution < -0.4 is 20.5 Å². The molecule has 31 heavy (non-hydrogen) atoms. The van der Waals surface area contributed by atoms with Crippen LogP contribution in [0.25, 0.3) is 0 Å². The van der Waals surface area contributed by atoms with Gasteiger partial charge in [-0.1, -0.05) is 6.07 Å². The van der Waals surface area contributed by atoms with Crippen molar-refractivity contribution in [3.05, 3.63) is 82.4 Å². The highest BCUT2D eigenvalue weighted by molar-refractivity contribution is 6.04. The van der Waals surface area contributed by atoms with Gasteiger partial charge in [0.1, 0.15) is 11.6 Å². The van der Waals surface area contributed by atoms with Crippen LogP contribution in [0, 0.1) is 5.92 Å². The number of carbonyl (C=O) groups excluding carboxylic acids is 1. The van der Waals surface area contributed by atoms with Crippen LogP contribution in [-0.2, 0) is 6.54 Å². The molecule has 1 amide bonds. The Hall–Kier alpha value is -3.61. The number of hydrogen-bond donors (Lipinski definition) is 1. The van der Waals surface area contributed by atoms with Crippen molar-refractivity contribution in [3.63, 3.8) is 0 Å². The van der Waals surface area contributed by atoms with Gasteiger partial charge in [0.05, 0.1) is 19.0 Å². The van der Waals surface area contributed by atoms with Crippen molar-refractivity contribution in [2.45, 2.75) is 18.9 Å². The lowest BCUT2D eigenvalue weighted by Crippen LogP contribution is -2.47. The molecule has 1 N–H and O–H groups in total. The molecular weight excluding hydrogens is 392 g/mol. The van der Waals surface area contributed by atoms with Gasteiger partial charge in [-0.25, -0.2) is 4.98 Å². The molecule has 2 atom stereocenters. The van der Waals surface area contributed by atoms with Crippen LogP contribution in [0.1, 0.15) is 28.4 Å². The van der Waals surface area contributed by atoms with E-state index in [-0.39, 0.29) is 11.5 Å². The van der Waals surface area contributed by atoms with Crippen molar-refractivity contribution in [2.24, 2.45) is 5.92 Å². The Bertz CT molecular complexity index is 1150. The highest BCUT2D eigenvalue weighted by Gasteiger charge is 2.34. The summed E-state index contributed by atoms with van der Waals surface area (Å²) in [6.07, 6.45) is 2.80. The molecule has 1 aromatic carbocycles. The first-order valence-electron chi connectivity index (χ1n) is 10.5. The van der Waals surface area contributed by atoms with Gasteiger partial charge in [0, 0.05) is 42.9 Å². The monoisotopic (exact) mass is 416 g/mol. The first-order chi connectivity index (χ1) is 15.1. The minimum Gasteiger partial charge on any atom is -0.497 e. The number of pyridine rings is 2. The molecule has 0 radical (unpaired) electrons. The van der Waals surface area contributed by atoms with E-state index in [0.29, 0.717) is 28.8 Å². The van der Waals surface area contributed by atoms with Crippen LogP contribution in [0.15, 0.2) is 65.6 Å². The summed E-state index contributed by atoms with van der Waals surface area (Å²) in [5.74, 6) is 2.18. The maximum Gasteiger partial charge on any atom is 0.255 e. The number of carbonyl (C=O) groups is 1. The molecule has 2 aromatic heterocycles. The number of rotatable bonds is 4. The lowest BCUT2D eigenvalue weighted by Gasteiger charge is -2.43. The standard InChI is InChI=1S/C24H24N4O3/c1-31-20-8-5-17(6-9-20)24(30)26-19-7-10-22(25-12-19)27-13-16-11-18(15-27)21-3-2-4-23(29)28(21)14-16/h2-10,12,16,18H,11,13-15H2,1H3,(H,26,30). The Kier molecular flexibility index (Phi) is 4.94. The summed E-state index contributed by atoms with van der Waals surface area (Å²) >= 11 is 0. The summed E-state index contributed by atoms with van der Waals surface area (Å²) < 4.78 is 7.06. The maximum atomic E-state index is 12.5. The predicted molar refractivity (Wildman–Crippen MR) is 119 cm³/mol. The van der Waals surface area contributed by atoms with Crippen molar-refractivity contribution in [2.75, 3.05) is 30.4 Å². The zero-order valence-electron chi connectivity index (χ0n) is 17.3. The van der Waals surface area contributed by atoms with Crippen LogP contribution in [0.2, 0.25) is 0 Å². The Labute approximate surface area is 180 Å². The molecule has 0 spiro atoms. The van der Waals surface area contributed by atoms with Gasteiger partial charge in [-0.05, 0) is 54.8 Å². The highest BCUT2D eigenvalue weighted by atomic mass is 16.5. The lowest BCUT2D eigenvalue weighted by molar-refractivity contribution is 0.102. The van der Waals surface area contributed by atoms with E-state index in [1.807, 2.05) is 22.8 Å². The number of benzene rings is 1. The molecule has 2 bridgehead atoms. The van der Waals surface area contributed by atoms with Crippen LogP contribution in [0.4, 0.5) is 11.5 Å². The summed E-state index contributed by atoms with van der Waals surface area (Å²) in [5, 5.41) is 2.89. The molecule has 2 aliphatic heterocycles. The number of nitrogens with one attached hydrogen (secondary N) is 1. The van der Waals surface area contributed by atoms with E-state index < -0.39 is 0 Å². The molecule has 0 aliphatic carbocycles. The number of amides is 1. The van der Waals surface area contributed by atoms with Crippen LogP contribution in [-0.4, -0.2) is 35.7 Å². The Balaban J connectivity index is 1.28. The van der Waals surface area contributed by atoms with E-state index in [2.05, 4.69) is 21.3 Å². The van der Waals surface area contributed by atoms with Gasteiger partial charge in [-0.15, -0.1) is 0 Å². The average molecular weight is 416 g/mol. The molecule has 3 aromatic rings. The normalized spacial score (nSPS) is 19.5. The van der Waals surface area contributed by atoms with Gasteiger partial charge in [0.2, 0.25) is 0 Å². The first-order valence-corrected chi connectivity index (χ1v) is 10.5. The summed E-state index contributed by atoms with van der Waals surface area (Å²) in [6, 6.07) is 16.4. The van der Waals surface area contributed by atoms with Crippen LogP contribution in [0.5, 0.6) is 5.75 Å². The molecule has 4 heterocycles. The third-order valence-corrected chi connectivity index (χ3v) is 6.16. The highest BCUT2D eigenvalue weighted by Crippen LogP contribution is 2.36. The van der Waals surface area contributed by atoms with Crippen LogP contribution in [0.3, 0.4) is 0 Å². The van der Waals surface area contributed by atoms with E-state index >= 15 is 0 Å². The minimum atomic E-state index is -0.188. The summed E-state index contributed by atoms with van der Waals surface area (Å²) in [6.45, 7) is 2.48. The second kappa shape index (κ2) is 7.91. The van der Waals surface area contributed by atoms with Gasteiger partial charge in [-0.2, -0.15) is 0 Å². The number of anilines is 2. The van der Waals surface area contributed by atoms with Crippen molar-refractivity contribution < 1.29 is 9.53 Å². The van der Waals surface area contributed by atoms with Crippen molar-refractivity contribution in [3.8, 4) is 5.75 Å².